The number of nitrogens with one attached hydrogen (secondary N) is 1. The minimum atomic E-state index is -0.384. The molecule has 1 amide bonds. The van der Waals surface area contributed by atoms with E-state index in [1.165, 1.54) is 17.1 Å². The van der Waals surface area contributed by atoms with Crippen LogP contribution in [0.5, 0.6) is 17.2 Å². The second-order valence-corrected chi connectivity index (χ2v) is 9.28. The average Bonchev–Trinajstić information content (AvgIpc) is 3.45. The number of anilines is 1. The second kappa shape index (κ2) is 9.26. The Morgan fingerprint density at radius 2 is 1.97 bits per heavy atom. The number of fused-ring (bicyclic) bond motifs is 2. The number of aromatic nitrogens is 3. The predicted molar refractivity (Wildman–Crippen MR) is 131 cm³/mol. The van der Waals surface area contributed by atoms with Crippen LogP contribution in [0.2, 0.25) is 0 Å². The number of carbonyl (C=O) groups is 1. The van der Waals surface area contributed by atoms with Gasteiger partial charge in [-0.25, -0.2) is 0 Å². The van der Waals surface area contributed by atoms with E-state index < -0.39 is 0 Å². The van der Waals surface area contributed by atoms with Gasteiger partial charge in [0.15, 0.2) is 22.5 Å². The van der Waals surface area contributed by atoms with Crippen molar-refractivity contribution in [3.8, 4) is 17.2 Å². The summed E-state index contributed by atoms with van der Waals surface area (Å²) in [4.78, 5) is 12.7. The van der Waals surface area contributed by atoms with E-state index >= 15 is 0 Å². The van der Waals surface area contributed by atoms with E-state index in [4.69, 9.17) is 14.2 Å². The van der Waals surface area contributed by atoms with Crippen molar-refractivity contribution in [1.82, 2.24) is 14.8 Å². The lowest BCUT2D eigenvalue weighted by atomic mass is 10.0. The molecule has 1 aromatic heterocycles. The van der Waals surface area contributed by atoms with Crippen molar-refractivity contribution in [1.29, 1.82) is 0 Å². The molecule has 0 saturated heterocycles. The summed E-state index contributed by atoms with van der Waals surface area (Å²) < 4.78 is 18.6. The van der Waals surface area contributed by atoms with Gasteiger partial charge < -0.3 is 24.1 Å². The molecule has 1 atom stereocenters. The Balaban J connectivity index is 1.21. The van der Waals surface area contributed by atoms with Crippen molar-refractivity contribution in [3.05, 3.63) is 66.0 Å². The maximum Gasteiger partial charge on any atom is 0.237 e. The highest BCUT2D eigenvalue weighted by atomic mass is 32.2. The van der Waals surface area contributed by atoms with Crippen LogP contribution in [0.15, 0.2) is 59.8 Å². The van der Waals surface area contributed by atoms with Crippen molar-refractivity contribution in [2.45, 2.75) is 30.9 Å². The van der Waals surface area contributed by atoms with Crippen molar-refractivity contribution < 1.29 is 19.0 Å². The molecule has 0 unspecified atom stereocenters. The lowest BCUT2D eigenvalue weighted by Crippen LogP contribution is -2.22. The van der Waals surface area contributed by atoms with Crippen LogP contribution in [0.3, 0.4) is 0 Å². The third kappa shape index (κ3) is 4.38. The number of hydrogen-bond donors (Lipinski definition) is 1. The number of ether oxygens (including phenoxy) is 3. The summed E-state index contributed by atoms with van der Waals surface area (Å²) in [6, 6.07) is 17.6. The molecule has 3 aromatic carbocycles. The standard InChI is InChI=1S/C25H24N4O4S/c1-15-19-7-5-4-6-17(19)8-10-20(15)31-13-23-27-28-25(29(23)3)34-16(2)24(30)26-18-9-11-21-22(12-18)33-14-32-21/h4-12,16H,13-14H2,1-3H3,(H,26,30)/t16-/m0/s1. The Hall–Kier alpha value is -3.72. The fourth-order valence-corrected chi connectivity index (χ4v) is 4.54. The zero-order chi connectivity index (χ0) is 23.7. The van der Waals surface area contributed by atoms with Crippen LogP contribution >= 0.6 is 11.8 Å². The minimum Gasteiger partial charge on any atom is -0.485 e. The molecule has 1 aliphatic rings. The molecule has 0 spiro atoms. The van der Waals surface area contributed by atoms with Crippen LogP contribution in [0, 0.1) is 6.92 Å². The molecular weight excluding hydrogens is 452 g/mol. The molecule has 34 heavy (non-hydrogen) atoms. The Kier molecular flexibility index (Phi) is 6.02. The maximum atomic E-state index is 12.7. The van der Waals surface area contributed by atoms with Crippen LogP contribution in [-0.4, -0.2) is 32.7 Å². The highest BCUT2D eigenvalue weighted by molar-refractivity contribution is 8.00. The van der Waals surface area contributed by atoms with E-state index in [1.54, 1.807) is 18.2 Å². The molecule has 9 heteroatoms. The number of rotatable bonds is 7. The van der Waals surface area contributed by atoms with Gasteiger partial charge in [0.2, 0.25) is 12.7 Å². The first-order valence-corrected chi connectivity index (χ1v) is 11.7. The van der Waals surface area contributed by atoms with Crippen molar-refractivity contribution >= 4 is 34.1 Å². The Bertz CT molecular complexity index is 1370. The first-order valence-electron chi connectivity index (χ1n) is 10.9. The van der Waals surface area contributed by atoms with Crippen LogP contribution in [0.1, 0.15) is 18.3 Å². The van der Waals surface area contributed by atoms with Crippen LogP contribution in [0.4, 0.5) is 5.69 Å². The zero-order valence-electron chi connectivity index (χ0n) is 19.1. The molecule has 0 aliphatic carbocycles. The van der Waals surface area contributed by atoms with Gasteiger partial charge in [0, 0.05) is 18.8 Å². The summed E-state index contributed by atoms with van der Waals surface area (Å²) in [5.74, 6) is 2.65. The summed E-state index contributed by atoms with van der Waals surface area (Å²) in [5, 5.41) is 14.0. The SMILES string of the molecule is Cc1c(OCc2nnc(S[C@@H](C)C(=O)Nc3ccc4c(c3)OCO4)n2C)ccc2ccccc12. The summed E-state index contributed by atoms with van der Waals surface area (Å²) in [5.41, 5.74) is 1.74. The normalized spacial score (nSPS) is 13.1. The third-order valence-corrected chi connectivity index (χ3v) is 6.86. The molecule has 5 rings (SSSR count). The highest BCUT2D eigenvalue weighted by Gasteiger charge is 2.21. The number of carbonyl (C=O) groups excluding carboxylic acids is 1. The number of benzene rings is 3. The molecule has 0 bridgehead atoms. The Labute approximate surface area is 201 Å². The van der Waals surface area contributed by atoms with Crippen LogP contribution < -0.4 is 19.5 Å². The highest BCUT2D eigenvalue weighted by Crippen LogP contribution is 2.34. The van der Waals surface area contributed by atoms with E-state index in [-0.39, 0.29) is 24.6 Å². The maximum absolute atomic E-state index is 12.7. The smallest absolute Gasteiger partial charge is 0.237 e. The van der Waals surface area contributed by atoms with Crippen LogP contribution in [-0.2, 0) is 18.4 Å². The first kappa shape index (κ1) is 22.1. The lowest BCUT2D eigenvalue weighted by molar-refractivity contribution is -0.115. The van der Waals surface area contributed by atoms with E-state index in [0.29, 0.717) is 28.2 Å². The summed E-state index contributed by atoms with van der Waals surface area (Å²) in [6.45, 7) is 4.35. The van der Waals surface area contributed by atoms with Crippen LogP contribution in [0.25, 0.3) is 10.8 Å². The monoisotopic (exact) mass is 476 g/mol. The number of nitrogens with zero attached hydrogens (tertiary/aromatic N) is 3. The molecule has 8 nitrogen and oxygen atoms in total. The van der Waals surface area contributed by atoms with Gasteiger partial charge in [0.05, 0.1) is 5.25 Å². The summed E-state index contributed by atoms with van der Waals surface area (Å²) >= 11 is 1.34. The fraction of sp³-hybridized carbons (Fsp3) is 0.240. The second-order valence-electron chi connectivity index (χ2n) is 7.97. The fourth-order valence-electron chi connectivity index (χ4n) is 3.71. The molecule has 0 saturated carbocycles. The largest absolute Gasteiger partial charge is 0.485 e. The van der Waals surface area contributed by atoms with E-state index in [9.17, 15) is 4.79 Å². The predicted octanol–water partition coefficient (Wildman–Crippen LogP) is 4.70. The van der Waals surface area contributed by atoms with E-state index in [1.807, 2.05) is 36.7 Å². The Morgan fingerprint density at radius 3 is 2.85 bits per heavy atom. The van der Waals surface area contributed by atoms with Gasteiger partial charge in [-0.3, -0.25) is 4.79 Å². The van der Waals surface area contributed by atoms with Crippen molar-refractivity contribution in [2.24, 2.45) is 7.05 Å². The quantitative estimate of drug-likeness (QED) is 0.387. The van der Waals surface area contributed by atoms with Crippen molar-refractivity contribution in [3.63, 3.8) is 0 Å². The molecule has 2 heterocycles. The molecule has 1 aliphatic heterocycles. The van der Waals surface area contributed by atoms with Gasteiger partial charge in [-0.05, 0) is 48.4 Å². The number of hydrogen-bond acceptors (Lipinski definition) is 7. The average molecular weight is 477 g/mol. The van der Waals surface area contributed by atoms with Gasteiger partial charge in [-0.2, -0.15) is 0 Å². The zero-order valence-corrected chi connectivity index (χ0v) is 19.9. The van der Waals surface area contributed by atoms with Crippen molar-refractivity contribution in [2.75, 3.05) is 12.1 Å². The van der Waals surface area contributed by atoms with Gasteiger partial charge in [0.25, 0.3) is 0 Å². The third-order valence-electron chi connectivity index (χ3n) is 5.72. The van der Waals surface area contributed by atoms with E-state index in [0.717, 1.165) is 16.7 Å². The summed E-state index contributed by atoms with van der Waals surface area (Å²) in [7, 11) is 1.87. The van der Waals surface area contributed by atoms with Gasteiger partial charge in [0.1, 0.15) is 12.4 Å². The van der Waals surface area contributed by atoms with Gasteiger partial charge in [-0.1, -0.05) is 42.1 Å². The summed E-state index contributed by atoms with van der Waals surface area (Å²) in [6.07, 6.45) is 0. The molecule has 4 aromatic rings. The number of thioether (sulfide) groups is 1. The molecule has 174 valence electrons. The number of amides is 1. The molecule has 0 fully saturated rings. The molecule has 0 radical (unpaired) electrons. The van der Waals surface area contributed by atoms with E-state index in [2.05, 4.69) is 40.6 Å². The molecule has 1 N–H and O–H groups in total. The number of aryl methyl sites for hydroxylation is 1. The topological polar surface area (TPSA) is 87.5 Å². The molecular formula is C25H24N4O4S. The Morgan fingerprint density at radius 1 is 1.15 bits per heavy atom. The minimum absolute atomic E-state index is 0.142. The van der Waals surface area contributed by atoms with Gasteiger partial charge >= 0.3 is 0 Å². The first-order chi connectivity index (χ1) is 16.5. The lowest BCUT2D eigenvalue weighted by Gasteiger charge is -2.13. The van der Waals surface area contributed by atoms with Gasteiger partial charge in [-0.15, -0.1) is 10.2 Å².